The molecule has 1 saturated heterocycles. The predicted octanol–water partition coefficient (Wildman–Crippen LogP) is 4.68. The smallest absolute Gasteiger partial charge is 0.290 e. The van der Waals surface area contributed by atoms with Crippen LogP contribution in [0.5, 0.6) is 0 Å². The molecule has 3 heterocycles. The Hall–Kier alpha value is -2.68. The molecule has 0 bridgehead atoms. The Labute approximate surface area is 220 Å². The SMILES string of the molecule is CC1CC1C[N+]1(CCc2cc3c(cc2Cl)NC(=O)C3)CCN(c2nsc3ccccc23)CC1.O=CO. The first kappa shape index (κ1) is 25.0. The van der Waals surface area contributed by atoms with Gasteiger partial charge in [-0.05, 0) is 53.2 Å². The number of quaternary nitrogens is 1. The van der Waals surface area contributed by atoms with Gasteiger partial charge in [0, 0.05) is 28.4 Å². The molecule has 1 saturated carbocycles. The van der Waals surface area contributed by atoms with E-state index in [1.807, 2.05) is 6.07 Å². The summed E-state index contributed by atoms with van der Waals surface area (Å²) in [6.07, 6.45) is 2.80. The summed E-state index contributed by atoms with van der Waals surface area (Å²) in [6, 6.07) is 12.7. The predicted molar refractivity (Wildman–Crippen MR) is 145 cm³/mol. The van der Waals surface area contributed by atoms with E-state index < -0.39 is 0 Å². The second-order valence-electron chi connectivity index (χ2n) is 10.3. The standard InChI is InChI=1S/C26H29ClN4OS.CH2O2/c1-17-12-20(17)16-31(9-6-18-13-19-14-25(32)28-23(19)15-22(18)27)10-7-30(8-11-31)26-21-4-2-3-5-24(21)33-29-26;2-1-3/h2-5,13,15,17,20H,6-12,14,16H2,1H3;1H,(H,2,3)/p+1. The van der Waals surface area contributed by atoms with E-state index in [1.165, 1.54) is 28.6 Å². The highest BCUT2D eigenvalue weighted by atomic mass is 35.5. The monoisotopic (exact) mass is 527 g/mol. The first-order valence-electron chi connectivity index (χ1n) is 12.5. The van der Waals surface area contributed by atoms with Gasteiger partial charge in [0.25, 0.3) is 6.47 Å². The zero-order valence-electron chi connectivity index (χ0n) is 20.5. The topological polar surface area (TPSA) is 82.5 Å². The molecule has 1 aromatic heterocycles. The number of rotatable bonds is 6. The number of anilines is 2. The van der Waals surface area contributed by atoms with Crippen molar-refractivity contribution >= 4 is 57.1 Å². The van der Waals surface area contributed by atoms with E-state index in [0.717, 1.165) is 77.6 Å². The lowest BCUT2D eigenvalue weighted by Gasteiger charge is -2.45. The van der Waals surface area contributed by atoms with Crippen LogP contribution in [-0.4, -0.2) is 65.6 Å². The van der Waals surface area contributed by atoms with Crippen molar-refractivity contribution in [2.45, 2.75) is 26.2 Å². The summed E-state index contributed by atoms with van der Waals surface area (Å²) in [5, 5.41) is 11.9. The van der Waals surface area contributed by atoms with E-state index in [9.17, 15) is 4.79 Å². The van der Waals surface area contributed by atoms with Gasteiger partial charge in [-0.15, -0.1) is 0 Å². The number of piperazine rings is 1. The average Bonchev–Trinajstić information content (AvgIpc) is 3.23. The van der Waals surface area contributed by atoms with E-state index in [2.05, 4.69) is 47.5 Å². The summed E-state index contributed by atoms with van der Waals surface area (Å²) in [6.45, 7) is 8.91. The Kier molecular flexibility index (Phi) is 7.19. The minimum atomic E-state index is -0.250. The summed E-state index contributed by atoms with van der Waals surface area (Å²) in [5.74, 6) is 2.94. The molecule has 2 N–H and O–H groups in total. The molecule has 9 heteroatoms. The summed E-state index contributed by atoms with van der Waals surface area (Å²) < 4.78 is 7.24. The zero-order valence-corrected chi connectivity index (χ0v) is 22.0. The number of nitrogens with one attached hydrogen (secondary N) is 1. The molecular weight excluding hydrogens is 496 g/mol. The molecule has 6 rings (SSSR count). The molecule has 2 fully saturated rings. The summed E-state index contributed by atoms with van der Waals surface area (Å²) in [7, 11) is 0. The van der Waals surface area contributed by atoms with Crippen molar-refractivity contribution < 1.29 is 19.2 Å². The molecule has 3 aliphatic rings. The van der Waals surface area contributed by atoms with Crippen molar-refractivity contribution in [3.63, 3.8) is 0 Å². The van der Waals surface area contributed by atoms with E-state index in [4.69, 9.17) is 25.9 Å². The number of nitrogens with zero attached hydrogens (tertiary/aromatic N) is 3. The molecular formula is C27H32ClN4O3S+. The van der Waals surface area contributed by atoms with Gasteiger partial charge in [0.05, 0.1) is 50.4 Å². The van der Waals surface area contributed by atoms with Crippen LogP contribution >= 0.6 is 23.1 Å². The molecule has 36 heavy (non-hydrogen) atoms. The Bertz CT molecular complexity index is 1270. The molecule has 1 amide bonds. The van der Waals surface area contributed by atoms with Gasteiger partial charge < -0.3 is 19.8 Å². The van der Waals surface area contributed by atoms with Gasteiger partial charge in [-0.3, -0.25) is 9.59 Å². The van der Waals surface area contributed by atoms with Crippen LogP contribution in [0.2, 0.25) is 5.02 Å². The number of hydrogen-bond acceptors (Lipinski definition) is 5. The third-order valence-corrected chi connectivity index (χ3v) is 9.17. The van der Waals surface area contributed by atoms with Gasteiger partial charge in [0.15, 0.2) is 5.82 Å². The van der Waals surface area contributed by atoms with E-state index in [-0.39, 0.29) is 12.4 Å². The van der Waals surface area contributed by atoms with Crippen LogP contribution in [0.3, 0.4) is 0 Å². The van der Waals surface area contributed by atoms with Crippen molar-refractivity contribution in [3.8, 4) is 0 Å². The third-order valence-electron chi connectivity index (χ3n) is 8.00. The largest absolute Gasteiger partial charge is 0.483 e. The number of carboxylic acid groups (broad SMARTS) is 1. The van der Waals surface area contributed by atoms with E-state index in [1.54, 1.807) is 11.5 Å². The number of hydrogen-bond donors (Lipinski definition) is 2. The van der Waals surface area contributed by atoms with Crippen molar-refractivity contribution in [3.05, 3.63) is 52.5 Å². The van der Waals surface area contributed by atoms with Gasteiger partial charge in [-0.2, -0.15) is 4.37 Å². The second kappa shape index (κ2) is 10.4. The third kappa shape index (κ3) is 5.21. The summed E-state index contributed by atoms with van der Waals surface area (Å²) in [5.41, 5.74) is 3.15. The first-order chi connectivity index (χ1) is 17.4. The zero-order chi connectivity index (χ0) is 25.3. The Morgan fingerprint density at radius 1 is 1.28 bits per heavy atom. The summed E-state index contributed by atoms with van der Waals surface area (Å²) >= 11 is 8.24. The van der Waals surface area contributed by atoms with E-state index in [0.29, 0.717) is 6.42 Å². The van der Waals surface area contributed by atoms with Gasteiger partial charge in [-0.1, -0.05) is 36.7 Å². The highest BCUT2D eigenvalue weighted by molar-refractivity contribution is 7.13. The second-order valence-corrected chi connectivity index (χ2v) is 11.6. The number of fused-ring (bicyclic) bond motifs is 2. The van der Waals surface area contributed by atoms with Crippen LogP contribution in [0.1, 0.15) is 24.5 Å². The lowest BCUT2D eigenvalue weighted by atomic mass is 10.0. The quantitative estimate of drug-likeness (QED) is 0.359. The first-order valence-corrected chi connectivity index (χ1v) is 13.7. The number of aromatic nitrogens is 1. The number of benzene rings is 2. The molecule has 0 radical (unpaired) electrons. The van der Waals surface area contributed by atoms with Crippen LogP contribution in [0, 0.1) is 11.8 Å². The summed E-state index contributed by atoms with van der Waals surface area (Å²) in [4.78, 5) is 22.6. The lowest BCUT2D eigenvalue weighted by molar-refractivity contribution is -0.930. The van der Waals surface area contributed by atoms with Crippen LogP contribution in [0.25, 0.3) is 10.1 Å². The van der Waals surface area contributed by atoms with Crippen LogP contribution < -0.4 is 10.2 Å². The molecule has 1 aliphatic carbocycles. The van der Waals surface area contributed by atoms with Gasteiger partial charge in [-0.25, -0.2) is 0 Å². The highest BCUT2D eigenvalue weighted by Gasteiger charge is 2.43. The number of carbonyl (C=O) groups excluding carboxylic acids is 1. The van der Waals surface area contributed by atoms with Crippen molar-refractivity contribution in [2.75, 3.05) is 49.5 Å². The fraction of sp³-hybridized carbons (Fsp3) is 0.444. The average molecular weight is 528 g/mol. The molecule has 3 aromatic rings. The van der Waals surface area contributed by atoms with Gasteiger partial charge in [0.1, 0.15) is 0 Å². The van der Waals surface area contributed by atoms with Crippen molar-refractivity contribution in [1.29, 1.82) is 0 Å². The van der Waals surface area contributed by atoms with Crippen LogP contribution in [-0.2, 0) is 22.4 Å². The normalized spacial score (nSPS) is 21.9. The van der Waals surface area contributed by atoms with Crippen molar-refractivity contribution in [2.24, 2.45) is 11.8 Å². The Balaban J connectivity index is 0.000000848. The fourth-order valence-corrected chi connectivity index (χ4v) is 6.75. The Morgan fingerprint density at radius 3 is 2.72 bits per heavy atom. The number of halogens is 1. The lowest BCUT2D eigenvalue weighted by Crippen LogP contribution is -2.61. The fourth-order valence-electron chi connectivity index (χ4n) is 5.70. The molecule has 2 aliphatic heterocycles. The van der Waals surface area contributed by atoms with Gasteiger partial charge in [0.2, 0.25) is 5.91 Å². The maximum Gasteiger partial charge on any atom is 0.290 e. The highest BCUT2D eigenvalue weighted by Crippen LogP contribution is 2.41. The molecule has 190 valence electrons. The maximum absolute atomic E-state index is 11.8. The number of carbonyl (C=O) groups is 2. The van der Waals surface area contributed by atoms with Crippen LogP contribution in [0.4, 0.5) is 11.5 Å². The minimum absolute atomic E-state index is 0.0649. The maximum atomic E-state index is 11.8. The number of amides is 1. The molecule has 2 atom stereocenters. The van der Waals surface area contributed by atoms with Crippen LogP contribution in [0.15, 0.2) is 36.4 Å². The minimum Gasteiger partial charge on any atom is -0.483 e. The molecule has 7 nitrogen and oxygen atoms in total. The van der Waals surface area contributed by atoms with Gasteiger partial charge >= 0.3 is 0 Å². The Morgan fingerprint density at radius 2 is 2.00 bits per heavy atom. The molecule has 2 unspecified atom stereocenters. The molecule has 2 aromatic carbocycles. The molecule has 0 spiro atoms. The van der Waals surface area contributed by atoms with E-state index >= 15 is 0 Å². The van der Waals surface area contributed by atoms with Crippen molar-refractivity contribution in [1.82, 2.24) is 4.37 Å².